The number of nitrogens with one attached hydrogen (secondary N) is 2. The van der Waals surface area contributed by atoms with E-state index in [1.54, 1.807) is 31.2 Å². The third-order valence-corrected chi connectivity index (χ3v) is 5.75. The molecule has 10 heteroatoms. The number of hydrogen-bond acceptors (Lipinski definition) is 6. The zero-order valence-corrected chi connectivity index (χ0v) is 17.5. The monoisotopic (exact) mass is 454 g/mol. The number of thiophene rings is 1. The van der Waals surface area contributed by atoms with Crippen LogP contribution in [0, 0.1) is 0 Å². The van der Waals surface area contributed by atoms with E-state index in [-0.39, 0.29) is 40.1 Å². The number of halogens is 2. The fourth-order valence-electron chi connectivity index (χ4n) is 2.73. The van der Waals surface area contributed by atoms with Gasteiger partial charge >= 0.3 is 18.0 Å². The number of ether oxygens (including phenoxy) is 2. The van der Waals surface area contributed by atoms with Crippen molar-refractivity contribution in [2.75, 3.05) is 13.2 Å². The zero-order chi connectivity index (χ0) is 21.0. The summed E-state index contributed by atoms with van der Waals surface area (Å²) < 4.78 is 10.4. The zero-order valence-electron chi connectivity index (χ0n) is 15.2. The average molecular weight is 455 g/mol. The highest BCUT2D eigenvalue weighted by Gasteiger charge is 2.34. The maximum atomic E-state index is 12.6. The minimum absolute atomic E-state index is 0.0598. The number of hydrogen-bond donors (Lipinski definition) is 2. The van der Waals surface area contributed by atoms with Crippen LogP contribution in [-0.4, -0.2) is 31.2 Å². The van der Waals surface area contributed by atoms with Gasteiger partial charge in [0.1, 0.15) is 6.61 Å². The lowest BCUT2D eigenvalue weighted by molar-refractivity contribution is -0.139. The van der Waals surface area contributed by atoms with Gasteiger partial charge in [0.15, 0.2) is 0 Å². The van der Waals surface area contributed by atoms with Crippen molar-refractivity contribution in [1.82, 2.24) is 10.6 Å². The van der Waals surface area contributed by atoms with Gasteiger partial charge in [0, 0.05) is 4.88 Å². The van der Waals surface area contributed by atoms with E-state index < -0.39 is 24.0 Å². The molecule has 2 N–H and O–H groups in total. The first-order valence-electron chi connectivity index (χ1n) is 8.54. The Morgan fingerprint density at radius 2 is 1.93 bits per heavy atom. The number of rotatable bonds is 6. The van der Waals surface area contributed by atoms with E-state index in [4.69, 9.17) is 32.7 Å². The Labute approximate surface area is 180 Å². The molecule has 0 radical (unpaired) electrons. The van der Waals surface area contributed by atoms with Crippen molar-refractivity contribution >= 4 is 52.5 Å². The van der Waals surface area contributed by atoms with Crippen LogP contribution in [0.25, 0.3) is 0 Å². The molecule has 2 aromatic rings. The third-order valence-electron chi connectivity index (χ3n) is 4.00. The molecule has 1 aliphatic heterocycles. The minimum Gasteiger partial charge on any atom is -0.463 e. The Morgan fingerprint density at radius 1 is 1.14 bits per heavy atom. The summed E-state index contributed by atoms with van der Waals surface area (Å²) in [7, 11) is 0. The topological polar surface area (TPSA) is 93.7 Å². The second-order valence-electron chi connectivity index (χ2n) is 5.84. The summed E-state index contributed by atoms with van der Waals surface area (Å²) in [5.74, 6) is -1.36. The van der Waals surface area contributed by atoms with E-state index in [2.05, 4.69) is 10.6 Å². The van der Waals surface area contributed by atoms with Gasteiger partial charge in [0.2, 0.25) is 0 Å². The Bertz CT molecular complexity index is 975. The second kappa shape index (κ2) is 9.30. The Kier molecular flexibility index (Phi) is 6.79. The van der Waals surface area contributed by atoms with Crippen LogP contribution >= 0.6 is 34.5 Å². The molecule has 1 aromatic heterocycles. The van der Waals surface area contributed by atoms with Crippen LogP contribution in [0.5, 0.6) is 0 Å². The second-order valence-corrected chi connectivity index (χ2v) is 7.60. The van der Waals surface area contributed by atoms with Gasteiger partial charge in [-0.15, -0.1) is 11.3 Å². The molecule has 152 valence electrons. The lowest BCUT2D eigenvalue weighted by atomic mass is 10.0. The van der Waals surface area contributed by atoms with E-state index in [9.17, 15) is 14.4 Å². The highest BCUT2D eigenvalue weighted by atomic mass is 35.5. The lowest BCUT2D eigenvalue weighted by Gasteiger charge is -2.28. The molecule has 3 rings (SSSR count). The molecule has 2 heterocycles. The molecule has 0 spiro atoms. The SMILES string of the molecule is CCOC(=O)C1=C(COC(=O)c2cccc(Cl)c2Cl)NC(=O)N[C@@H]1c1cccs1. The number of urea groups is 1. The Balaban J connectivity index is 1.90. The molecule has 1 atom stereocenters. The molecule has 0 unspecified atom stereocenters. The van der Waals surface area contributed by atoms with Crippen molar-refractivity contribution in [2.45, 2.75) is 13.0 Å². The fourth-order valence-corrected chi connectivity index (χ4v) is 3.89. The van der Waals surface area contributed by atoms with Crippen LogP contribution < -0.4 is 10.6 Å². The smallest absolute Gasteiger partial charge is 0.340 e. The summed E-state index contributed by atoms with van der Waals surface area (Å²) in [5.41, 5.74) is 0.378. The van der Waals surface area contributed by atoms with Gasteiger partial charge in [0.05, 0.1) is 39.5 Å². The molecule has 29 heavy (non-hydrogen) atoms. The summed E-state index contributed by atoms with van der Waals surface area (Å²) in [5, 5.41) is 7.32. The normalized spacial score (nSPS) is 16.1. The molecule has 0 saturated heterocycles. The van der Waals surface area contributed by atoms with Crippen molar-refractivity contribution in [3.05, 3.63) is 67.5 Å². The van der Waals surface area contributed by atoms with E-state index in [0.29, 0.717) is 0 Å². The molecule has 1 aliphatic rings. The van der Waals surface area contributed by atoms with Crippen LogP contribution in [0.1, 0.15) is 28.2 Å². The first kappa shape index (κ1) is 21.2. The first-order valence-corrected chi connectivity index (χ1v) is 10.2. The number of benzene rings is 1. The van der Waals surface area contributed by atoms with Gasteiger partial charge in [0.25, 0.3) is 0 Å². The highest BCUT2D eigenvalue weighted by Crippen LogP contribution is 2.31. The van der Waals surface area contributed by atoms with Crippen LogP contribution in [0.2, 0.25) is 10.0 Å². The number of esters is 2. The average Bonchev–Trinajstić information content (AvgIpc) is 3.22. The lowest BCUT2D eigenvalue weighted by Crippen LogP contribution is -2.46. The van der Waals surface area contributed by atoms with Crippen molar-refractivity contribution in [3.63, 3.8) is 0 Å². The Morgan fingerprint density at radius 3 is 2.62 bits per heavy atom. The van der Waals surface area contributed by atoms with Crippen molar-refractivity contribution in [2.24, 2.45) is 0 Å². The highest BCUT2D eigenvalue weighted by molar-refractivity contribution is 7.10. The fraction of sp³-hybridized carbons (Fsp3) is 0.211. The van der Waals surface area contributed by atoms with Gasteiger partial charge in [-0.05, 0) is 30.5 Å². The third kappa shape index (κ3) is 4.72. The van der Waals surface area contributed by atoms with E-state index >= 15 is 0 Å². The van der Waals surface area contributed by atoms with Gasteiger partial charge in [-0.25, -0.2) is 14.4 Å². The summed E-state index contributed by atoms with van der Waals surface area (Å²) in [6.45, 7) is 1.47. The molecule has 2 amide bonds. The summed E-state index contributed by atoms with van der Waals surface area (Å²) in [6.07, 6.45) is 0. The van der Waals surface area contributed by atoms with E-state index in [1.165, 1.54) is 17.4 Å². The number of carbonyl (C=O) groups is 3. The molecule has 0 bridgehead atoms. The predicted molar refractivity (Wildman–Crippen MR) is 109 cm³/mol. The minimum atomic E-state index is -0.742. The molecular formula is C19H16Cl2N2O5S. The quantitative estimate of drug-likeness (QED) is 0.641. The van der Waals surface area contributed by atoms with Gasteiger partial charge < -0.3 is 20.1 Å². The molecule has 0 saturated carbocycles. The number of carbonyl (C=O) groups excluding carboxylic acids is 3. The van der Waals surface area contributed by atoms with Crippen LogP contribution in [0.4, 0.5) is 4.79 Å². The molecule has 0 fully saturated rings. The van der Waals surface area contributed by atoms with Crippen LogP contribution in [0.15, 0.2) is 47.0 Å². The van der Waals surface area contributed by atoms with Gasteiger partial charge in [-0.2, -0.15) is 0 Å². The van der Waals surface area contributed by atoms with E-state index in [1.807, 2.05) is 5.38 Å². The maximum absolute atomic E-state index is 12.6. The van der Waals surface area contributed by atoms with Crippen LogP contribution in [0.3, 0.4) is 0 Å². The van der Waals surface area contributed by atoms with Crippen LogP contribution in [-0.2, 0) is 14.3 Å². The number of amides is 2. The first-order chi connectivity index (χ1) is 13.9. The summed E-state index contributed by atoms with van der Waals surface area (Å²) in [4.78, 5) is 37.9. The van der Waals surface area contributed by atoms with Crippen molar-refractivity contribution < 1.29 is 23.9 Å². The largest absolute Gasteiger partial charge is 0.463 e. The maximum Gasteiger partial charge on any atom is 0.340 e. The van der Waals surface area contributed by atoms with Gasteiger partial charge in [-0.3, -0.25) is 0 Å². The molecule has 1 aromatic carbocycles. The molecule has 7 nitrogen and oxygen atoms in total. The van der Waals surface area contributed by atoms with Crippen molar-refractivity contribution in [3.8, 4) is 0 Å². The van der Waals surface area contributed by atoms with E-state index in [0.717, 1.165) is 4.88 Å². The molecular weight excluding hydrogens is 439 g/mol. The summed E-state index contributed by atoms with van der Waals surface area (Å²) >= 11 is 13.3. The predicted octanol–water partition coefficient (Wildman–Crippen LogP) is 4.08. The van der Waals surface area contributed by atoms with Gasteiger partial charge in [-0.1, -0.05) is 35.3 Å². The standard InChI is InChI=1S/C19H16Cl2N2O5S/c1-2-27-18(25)14-12(22-19(26)23-16(14)13-7-4-8-29-13)9-28-17(24)10-5-3-6-11(20)15(10)21/h3-8,16H,2,9H2,1H3,(H2,22,23,26)/t16-/m1/s1. The Hall–Kier alpha value is -2.55. The van der Waals surface area contributed by atoms with Crippen molar-refractivity contribution in [1.29, 1.82) is 0 Å². The summed E-state index contributed by atoms with van der Waals surface area (Å²) in [6, 6.07) is 6.92. The molecule has 0 aliphatic carbocycles.